The van der Waals surface area contributed by atoms with Gasteiger partial charge in [0.2, 0.25) is 0 Å². The number of aromatic nitrogens is 4. The highest BCUT2D eigenvalue weighted by Crippen LogP contribution is 2.15. The minimum atomic E-state index is 0.247. The summed E-state index contributed by atoms with van der Waals surface area (Å²) in [5, 5.41) is 3.47. The van der Waals surface area contributed by atoms with Crippen molar-refractivity contribution in [2.75, 3.05) is 5.32 Å². The Labute approximate surface area is 119 Å². The Kier molecular flexibility index (Phi) is 4.98. The summed E-state index contributed by atoms with van der Waals surface area (Å²) in [5.74, 6) is 1.73. The van der Waals surface area contributed by atoms with Crippen LogP contribution < -0.4 is 5.32 Å². The Balaban J connectivity index is 2.06. The van der Waals surface area contributed by atoms with Gasteiger partial charge in [-0.25, -0.2) is 9.97 Å². The zero-order valence-corrected chi connectivity index (χ0v) is 12.3. The minimum absolute atomic E-state index is 0.247. The molecule has 2 rings (SSSR count). The van der Waals surface area contributed by atoms with Gasteiger partial charge in [0.05, 0.1) is 5.69 Å². The smallest absolute Gasteiger partial charge is 0.133 e. The van der Waals surface area contributed by atoms with E-state index in [2.05, 4.69) is 39.1 Å². The summed E-state index contributed by atoms with van der Waals surface area (Å²) >= 11 is 0. The van der Waals surface area contributed by atoms with Crippen molar-refractivity contribution in [2.24, 2.45) is 0 Å². The second-order valence-corrected chi connectivity index (χ2v) is 4.99. The third-order valence-corrected chi connectivity index (χ3v) is 3.02. The summed E-state index contributed by atoms with van der Waals surface area (Å²) in [5.41, 5.74) is 2.15. The molecule has 5 heteroatoms. The van der Waals surface area contributed by atoms with E-state index in [0.29, 0.717) is 0 Å². The van der Waals surface area contributed by atoms with E-state index >= 15 is 0 Å². The molecule has 2 heterocycles. The quantitative estimate of drug-likeness (QED) is 0.874. The van der Waals surface area contributed by atoms with E-state index in [4.69, 9.17) is 0 Å². The maximum Gasteiger partial charge on any atom is 0.133 e. The number of hydrogen-bond donors (Lipinski definition) is 1. The van der Waals surface area contributed by atoms with Crippen LogP contribution in [-0.4, -0.2) is 26.0 Å². The normalized spacial score (nSPS) is 12.2. The van der Waals surface area contributed by atoms with E-state index in [1.165, 1.54) is 5.56 Å². The Hall–Kier alpha value is -2.04. The van der Waals surface area contributed by atoms with E-state index in [9.17, 15) is 0 Å². The molecule has 0 aliphatic heterocycles. The van der Waals surface area contributed by atoms with Crippen LogP contribution in [0.2, 0.25) is 0 Å². The fourth-order valence-electron chi connectivity index (χ4n) is 2.11. The molecule has 1 atom stereocenters. The highest BCUT2D eigenvalue weighted by molar-refractivity contribution is 5.44. The number of rotatable bonds is 6. The summed E-state index contributed by atoms with van der Waals surface area (Å²) in [6.07, 6.45) is 10.0. The van der Waals surface area contributed by atoms with E-state index in [1.54, 1.807) is 18.6 Å². The molecule has 0 fully saturated rings. The molecule has 0 aromatic carbocycles. The van der Waals surface area contributed by atoms with E-state index in [-0.39, 0.29) is 6.04 Å². The minimum Gasteiger partial charge on any atom is -0.367 e. The molecule has 0 aliphatic carbocycles. The lowest BCUT2D eigenvalue weighted by Crippen LogP contribution is -2.21. The van der Waals surface area contributed by atoms with Crippen molar-refractivity contribution >= 4 is 5.82 Å². The van der Waals surface area contributed by atoms with Crippen molar-refractivity contribution in [1.82, 2.24) is 19.9 Å². The molecular weight excluding hydrogens is 250 g/mol. The fourth-order valence-corrected chi connectivity index (χ4v) is 2.11. The summed E-state index contributed by atoms with van der Waals surface area (Å²) in [6, 6.07) is 0.247. The van der Waals surface area contributed by atoms with Crippen LogP contribution >= 0.6 is 0 Å². The maximum absolute atomic E-state index is 4.52. The van der Waals surface area contributed by atoms with Crippen LogP contribution in [0.4, 0.5) is 5.82 Å². The first-order valence-electron chi connectivity index (χ1n) is 7.03. The van der Waals surface area contributed by atoms with Crippen LogP contribution in [0, 0.1) is 6.92 Å². The van der Waals surface area contributed by atoms with Gasteiger partial charge < -0.3 is 5.32 Å². The van der Waals surface area contributed by atoms with E-state index < -0.39 is 0 Å². The molecule has 0 bridgehead atoms. The van der Waals surface area contributed by atoms with Crippen LogP contribution in [0.25, 0.3) is 0 Å². The molecule has 0 aliphatic rings. The van der Waals surface area contributed by atoms with Gasteiger partial charge in [0, 0.05) is 42.8 Å². The van der Waals surface area contributed by atoms with Crippen LogP contribution in [0.3, 0.4) is 0 Å². The Morgan fingerprint density at radius 1 is 1.20 bits per heavy atom. The summed E-state index contributed by atoms with van der Waals surface area (Å²) in [6.45, 7) is 6.20. The number of aryl methyl sites for hydroxylation is 2. The lowest BCUT2D eigenvalue weighted by molar-refractivity contribution is 0.752. The first-order valence-corrected chi connectivity index (χ1v) is 7.03. The highest BCUT2D eigenvalue weighted by atomic mass is 15.0. The van der Waals surface area contributed by atoms with Gasteiger partial charge in [-0.15, -0.1) is 0 Å². The van der Waals surface area contributed by atoms with Crippen molar-refractivity contribution in [1.29, 1.82) is 0 Å². The molecule has 5 nitrogen and oxygen atoms in total. The average molecular weight is 271 g/mol. The zero-order chi connectivity index (χ0) is 14.4. The molecule has 2 aromatic rings. The first-order chi connectivity index (χ1) is 9.69. The van der Waals surface area contributed by atoms with Gasteiger partial charge in [0.1, 0.15) is 11.6 Å². The summed E-state index contributed by atoms with van der Waals surface area (Å²) < 4.78 is 0. The van der Waals surface area contributed by atoms with Crippen molar-refractivity contribution in [3.05, 3.63) is 41.9 Å². The highest BCUT2D eigenvalue weighted by Gasteiger charge is 2.10. The largest absolute Gasteiger partial charge is 0.367 e. The molecule has 2 aromatic heterocycles. The molecule has 1 N–H and O–H groups in total. The van der Waals surface area contributed by atoms with Gasteiger partial charge >= 0.3 is 0 Å². The van der Waals surface area contributed by atoms with Crippen LogP contribution in [0.15, 0.2) is 24.8 Å². The molecule has 0 saturated carbocycles. The number of anilines is 1. The topological polar surface area (TPSA) is 63.6 Å². The zero-order valence-electron chi connectivity index (χ0n) is 12.3. The third-order valence-electron chi connectivity index (χ3n) is 3.02. The average Bonchev–Trinajstić information content (AvgIpc) is 2.43. The summed E-state index contributed by atoms with van der Waals surface area (Å²) in [7, 11) is 0. The predicted molar refractivity (Wildman–Crippen MR) is 79.6 cm³/mol. The number of nitrogens with one attached hydrogen (secondary N) is 1. The Morgan fingerprint density at radius 3 is 2.75 bits per heavy atom. The Bertz CT molecular complexity index is 541. The van der Waals surface area contributed by atoms with Crippen molar-refractivity contribution in [3.63, 3.8) is 0 Å². The molecular formula is C15H21N5. The van der Waals surface area contributed by atoms with Crippen molar-refractivity contribution < 1.29 is 0 Å². The first kappa shape index (κ1) is 14.4. The second kappa shape index (κ2) is 6.93. The number of nitrogens with zero attached hydrogens (tertiary/aromatic N) is 4. The van der Waals surface area contributed by atoms with Gasteiger partial charge in [-0.2, -0.15) is 0 Å². The van der Waals surface area contributed by atoms with Crippen molar-refractivity contribution in [3.8, 4) is 0 Å². The van der Waals surface area contributed by atoms with Gasteiger partial charge in [0.25, 0.3) is 0 Å². The fraction of sp³-hybridized carbons (Fsp3) is 0.467. The van der Waals surface area contributed by atoms with Crippen LogP contribution in [0.1, 0.15) is 37.4 Å². The lowest BCUT2D eigenvalue weighted by Gasteiger charge is -2.16. The standard InChI is InChI=1S/C15H21N5/c1-4-5-13-9-18-12(3)20-15(13)19-11(2)8-14-10-16-6-7-17-14/h6-7,9-11H,4-5,8H2,1-3H3,(H,18,19,20)/t11-/m0/s1. The van der Waals surface area contributed by atoms with Gasteiger partial charge in [-0.3, -0.25) is 9.97 Å². The van der Waals surface area contributed by atoms with Crippen LogP contribution in [-0.2, 0) is 12.8 Å². The Morgan fingerprint density at radius 2 is 2.05 bits per heavy atom. The number of hydrogen-bond acceptors (Lipinski definition) is 5. The molecule has 20 heavy (non-hydrogen) atoms. The van der Waals surface area contributed by atoms with E-state index in [0.717, 1.165) is 36.6 Å². The molecule has 0 unspecified atom stereocenters. The van der Waals surface area contributed by atoms with Crippen LogP contribution in [0.5, 0.6) is 0 Å². The molecule has 106 valence electrons. The van der Waals surface area contributed by atoms with Gasteiger partial charge in [-0.1, -0.05) is 13.3 Å². The maximum atomic E-state index is 4.52. The SMILES string of the molecule is CCCc1cnc(C)nc1N[C@@H](C)Cc1cnccn1. The summed E-state index contributed by atoms with van der Waals surface area (Å²) in [4.78, 5) is 17.2. The second-order valence-electron chi connectivity index (χ2n) is 4.99. The van der Waals surface area contributed by atoms with Gasteiger partial charge in [0.15, 0.2) is 0 Å². The van der Waals surface area contributed by atoms with Crippen molar-refractivity contribution in [2.45, 2.75) is 46.1 Å². The third kappa shape index (κ3) is 3.98. The molecule has 0 amide bonds. The van der Waals surface area contributed by atoms with E-state index in [1.807, 2.05) is 13.1 Å². The molecule has 0 saturated heterocycles. The van der Waals surface area contributed by atoms with Gasteiger partial charge in [-0.05, 0) is 20.3 Å². The predicted octanol–water partition coefficient (Wildman–Crippen LogP) is 2.57. The molecule has 0 spiro atoms. The molecule has 0 radical (unpaired) electrons. The lowest BCUT2D eigenvalue weighted by atomic mass is 10.1. The monoisotopic (exact) mass is 271 g/mol.